The van der Waals surface area contributed by atoms with Crippen molar-refractivity contribution in [2.75, 3.05) is 33.3 Å². The van der Waals surface area contributed by atoms with Gasteiger partial charge in [0.25, 0.3) is 0 Å². The summed E-state index contributed by atoms with van der Waals surface area (Å²) in [5.41, 5.74) is 1.14. The van der Waals surface area contributed by atoms with Crippen LogP contribution in [0.4, 0.5) is 0 Å². The van der Waals surface area contributed by atoms with Gasteiger partial charge in [-0.1, -0.05) is 25.4 Å². The van der Waals surface area contributed by atoms with E-state index in [0.717, 1.165) is 49.1 Å². The number of benzene rings is 1. The van der Waals surface area contributed by atoms with Crippen molar-refractivity contribution in [3.8, 4) is 5.75 Å². The van der Waals surface area contributed by atoms with Gasteiger partial charge in [0.05, 0.1) is 7.11 Å². The molecule has 0 radical (unpaired) electrons. The molecule has 1 N–H and O–H groups in total. The lowest BCUT2D eigenvalue weighted by atomic mass is 10.2. The third kappa shape index (κ3) is 4.84. The molecule has 18 heavy (non-hydrogen) atoms. The Balaban J connectivity index is 2.65. The fraction of sp³-hybridized carbons (Fsp3) is 0.571. The summed E-state index contributed by atoms with van der Waals surface area (Å²) in [6.07, 6.45) is 0. The van der Waals surface area contributed by atoms with Gasteiger partial charge in [0.15, 0.2) is 0 Å². The maximum Gasteiger partial charge on any atom is 0.123 e. The number of ether oxygens (including phenoxy) is 1. The third-order valence-corrected chi connectivity index (χ3v) is 3.17. The molecule has 0 aliphatic heterocycles. The van der Waals surface area contributed by atoms with Crippen molar-refractivity contribution in [1.29, 1.82) is 0 Å². The first kappa shape index (κ1) is 15.3. The Morgan fingerprint density at radius 3 is 2.72 bits per heavy atom. The molecule has 0 aliphatic carbocycles. The van der Waals surface area contributed by atoms with Gasteiger partial charge < -0.3 is 10.1 Å². The van der Waals surface area contributed by atoms with Gasteiger partial charge in [-0.3, -0.25) is 4.90 Å². The summed E-state index contributed by atoms with van der Waals surface area (Å²) in [5.74, 6) is 0.904. The van der Waals surface area contributed by atoms with Gasteiger partial charge in [-0.2, -0.15) is 0 Å². The predicted molar refractivity (Wildman–Crippen MR) is 77.5 cm³/mol. The van der Waals surface area contributed by atoms with E-state index in [-0.39, 0.29) is 0 Å². The smallest absolute Gasteiger partial charge is 0.123 e. The molecule has 0 atom stereocenters. The largest absolute Gasteiger partial charge is 0.496 e. The molecule has 4 heteroatoms. The quantitative estimate of drug-likeness (QED) is 0.735. The molecule has 0 spiro atoms. The minimum absolute atomic E-state index is 0.758. The number of likely N-dealkylation sites (N-methyl/N-ethyl adjacent to an activating group) is 2. The zero-order valence-electron chi connectivity index (χ0n) is 11.5. The van der Waals surface area contributed by atoms with Crippen LogP contribution in [0.5, 0.6) is 5.75 Å². The molecule has 1 aromatic carbocycles. The highest BCUT2D eigenvalue weighted by Gasteiger charge is 2.08. The highest BCUT2D eigenvalue weighted by Crippen LogP contribution is 2.23. The lowest BCUT2D eigenvalue weighted by molar-refractivity contribution is 0.274. The number of hydrogen-bond acceptors (Lipinski definition) is 3. The molecular formula is C14H23ClN2O. The summed E-state index contributed by atoms with van der Waals surface area (Å²) < 4.78 is 5.37. The van der Waals surface area contributed by atoms with E-state index in [0.29, 0.717) is 0 Å². The average molecular weight is 271 g/mol. The molecule has 0 fully saturated rings. The fourth-order valence-electron chi connectivity index (χ4n) is 1.87. The van der Waals surface area contributed by atoms with Crippen molar-refractivity contribution < 1.29 is 4.74 Å². The molecule has 0 saturated carbocycles. The lowest BCUT2D eigenvalue weighted by Crippen LogP contribution is -2.31. The van der Waals surface area contributed by atoms with Gasteiger partial charge in [-0.15, -0.1) is 0 Å². The van der Waals surface area contributed by atoms with E-state index in [1.807, 2.05) is 18.2 Å². The summed E-state index contributed by atoms with van der Waals surface area (Å²) in [6.45, 7) is 9.22. The maximum absolute atomic E-state index is 6.04. The Bertz CT molecular complexity index is 358. The van der Waals surface area contributed by atoms with Crippen molar-refractivity contribution in [3.63, 3.8) is 0 Å². The van der Waals surface area contributed by atoms with Gasteiger partial charge >= 0.3 is 0 Å². The van der Waals surface area contributed by atoms with E-state index in [4.69, 9.17) is 16.3 Å². The van der Waals surface area contributed by atoms with Gasteiger partial charge in [-0.25, -0.2) is 0 Å². The molecule has 3 nitrogen and oxygen atoms in total. The molecule has 0 bridgehead atoms. The topological polar surface area (TPSA) is 24.5 Å². The summed E-state index contributed by atoms with van der Waals surface area (Å²) in [6, 6.07) is 5.77. The maximum atomic E-state index is 6.04. The van der Waals surface area contributed by atoms with Gasteiger partial charge in [0.1, 0.15) is 5.75 Å². The fourth-order valence-corrected chi connectivity index (χ4v) is 2.07. The predicted octanol–water partition coefficient (Wildman–Crippen LogP) is 2.78. The highest BCUT2D eigenvalue weighted by molar-refractivity contribution is 6.30. The van der Waals surface area contributed by atoms with E-state index in [1.54, 1.807) is 7.11 Å². The third-order valence-electron chi connectivity index (χ3n) is 2.94. The van der Waals surface area contributed by atoms with Crippen molar-refractivity contribution in [1.82, 2.24) is 10.2 Å². The molecule has 0 saturated heterocycles. The van der Waals surface area contributed by atoms with Crippen LogP contribution in [0, 0.1) is 0 Å². The van der Waals surface area contributed by atoms with Crippen LogP contribution in [0.2, 0.25) is 5.02 Å². The van der Waals surface area contributed by atoms with Crippen LogP contribution < -0.4 is 10.1 Å². The van der Waals surface area contributed by atoms with Crippen LogP contribution in [0.25, 0.3) is 0 Å². The first-order chi connectivity index (χ1) is 8.71. The second kappa shape index (κ2) is 8.35. The van der Waals surface area contributed by atoms with Crippen LogP contribution in [-0.2, 0) is 6.54 Å². The van der Waals surface area contributed by atoms with Crippen molar-refractivity contribution in [2.45, 2.75) is 20.4 Å². The Labute approximate surface area is 115 Å². The van der Waals surface area contributed by atoms with E-state index in [1.165, 1.54) is 0 Å². The second-order valence-corrected chi connectivity index (χ2v) is 4.61. The first-order valence-corrected chi connectivity index (χ1v) is 6.84. The van der Waals surface area contributed by atoms with Crippen molar-refractivity contribution in [3.05, 3.63) is 28.8 Å². The number of halogens is 1. The van der Waals surface area contributed by atoms with E-state index in [2.05, 4.69) is 24.1 Å². The Kier molecular flexibility index (Phi) is 7.09. The van der Waals surface area contributed by atoms with Crippen molar-refractivity contribution >= 4 is 11.6 Å². The zero-order chi connectivity index (χ0) is 13.4. The molecule has 1 rings (SSSR count). The average Bonchev–Trinajstić information content (AvgIpc) is 2.38. The molecule has 0 aromatic heterocycles. The van der Waals surface area contributed by atoms with Crippen LogP contribution in [0.1, 0.15) is 19.4 Å². The van der Waals surface area contributed by atoms with Gasteiger partial charge in [0, 0.05) is 30.2 Å². The van der Waals surface area contributed by atoms with E-state index < -0.39 is 0 Å². The Morgan fingerprint density at radius 1 is 1.33 bits per heavy atom. The minimum Gasteiger partial charge on any atom is -0.496 e. The summed E-state index contributed by atoms with van der Waals surface area (Å²) in [5, 5.41) is 4.10. The monoisotopic (exact) mass is 270 g/mol. The number of nitrogens with zero attached hydrogens (tertiary/aromatic N) is 1. The van der Waals surface area contributed by atoms with Crippen LogP contribution >= 0.6 is 11.6 Å². The van der Waals surface area contributed by atoms with Gasteiger partial charge in [0.2, 0.25) is 0 Å². The molecule has 0 aliphatic rings. The summed E-state index contributed by atoms with van der Waals surface area (Å²) in [7, 11) is 1.70. The van der Waals surface area contributed by atoms with Crippen LogP contribution in [0.3, 0.4) is 0 Å². The molecule has 0 unspecified atom stereocenters. The zero-order valence-corrected chi connectivity index (χ0v) is 12.3. The summed E-state index contributed by atoms with van der Waals surface area (Å²) >= 11 is 6.04. The Hall–Kier alpha value is -0.770. The molecule has 102 valence electrons. The molecule has 1 aromatic rings. The number of methoxy groups -OCH3 is 1. The highest BCUT2D eigenvalue weighted by atomic mass is 35.5. The summed E-state index contributed by atoms with van der Waals surface area (Å²) in [4.78, 5) is 2.37. The molecule has 0 amide bonds. The normalized spacial score (nSPS) is 10.9. The Morgan fingerprint density at radius 2 is 2.11 bits per heavy atom. The number of nitrogens with one attached hydrogen (secondary N) is 1. The lowest BCUT2D eigenvalue weighted by Gasteiger charge is -2.21. The van der Waals surface area contributed by atoms with E-state index >= 15 is 0 Å². The second-order valence-electron chi connectivity index (χ2n) is 4.18. The van der Waals surface area contributed by atoms with Crippen LogP contribution in [0.15, 0.2) is 18.2 Å². The standard InChI is InChI=1S/C14H23ClN2O/c1-4-16-8-9-17(5-2)11-12-10-13(15)6-7-14(12)18-3/h6-7,10,16H,4-5,8-9,11H2,1-3H3. The van der Waals surface area contributed by atoms with Crippen molar-refractivity contribution in [2.24, 2.45) is 0 Å². The van der Waals surface area contributed by atoms with E-state index in [9.17, 15) is 0 Å². The molecule has 0 heterocycles. The SMILES string of the molecule is CCNCCN(CC)Cc1cc(Cl)ccc1OC. The van der Waals surface area contributed by atoms with Crippen LogP contribution in [-0.4, -0.2) is 38.2 Å². The minimum atomic E-state index is 0.758. The first-order valence-electron chi connectivity index (χ1n) is 6.46. The number of hydrogen-bond donors (Lipinski definition) is 1. The number of rotatable bonds is 8. The molecular weight excluding hydrogens is 248 g/mol. The van der Waals surface area contributed by atoms with Gasteiger partial charge in [-0.05, 0) is 31.3 Å².